The second-order valence-electron chi connectivity index (χ2n) is 4.85. The number of thioether (sulfide) groups is 1. The monoisotopic (exact) mass is 309 g/mol. The first-order valence-electron chi connectivity index (χ1n) is 6.85. The van der Waals surface area contributed by atoms with Crippen LogP contribution in [0.1, 0.15) is 16.8 Å². The van der Waals surface area contributed by atoms with Crippen molar-refractivity contribution in [3.05, 3.63) is 53.2 Å². The van der Waals surface area contributed by atoms with Gasteiger partial charge in [0.1, 0.15) is 16.7 Å². The number of nitrogens with zero attached hydrogens (tertiary/aromatic N) is 4. The van der Waals surface area contributed by atoms with Gasteiger partial charge in [0, 0.05) is 12.6 Å². The lowest BCUT2D eigenvalue weighted by molar-refractivity contribution is 0.883. The molecule has 6 heteroatoms. The summed E-state index contributed by atoms with van der Waals surface area (Å²) >= 11 is 1.47. The number of fused-ring (bicyclic) bond motifs is 1. The van der Waals surface area contributed by atoms with Gasteiger partial charge < -0.3 is 5.32 Å². The number of aryl methyl sites for hydroxylation is 1. The molecule has 2 heterocycles. The zero-order valence-electron chi connectivity index (χ0n) is 12.4. The standard InChI is InChI=1S/C16H15N5S/c1-11-8-14-19-16(22-2)13(9-17)15(21(14)20-11)18-10-12-6-4-3-5-7-12/h3-8,18H,10H2,1-2H3. The minimum absolute atomic E-state index is 0.527. The minimum atomic E-state index is 0.527. The van der Waals surface area contributed by atoms with Crippen LogP contribution in [-0.2, 0) is 6.54 Å². The van der Waals surface area contributed by atoms with Crippen LogP contribution in [0.2, 0.25) is 0 Å². The van der Waals surface area contributed by atoms with E-state index in [-0.39, 0.29) is 0 Å². The van der Waals surface area contributed by atoms with Crippen molar-refractivity contribution in [3.63, 3.8) is 0 Å². The van der Waals surface area contributed by atoms with Crippen LogP contribution in [0.4, 0.5) is 5.82 Å². The summed E-state index contributed by atoms with van der Waals surface area (Å²) in [7, 11) is 0. The van der Waals surface area contributed by atoms with E-state index >= 15 is 0 Å². The van der Waals surface area contributed by atoms with Crippen LogP contribution in [0.3, 0.4) is 0 Å². The van der Waals surface area contributed by atoms with Crippen molar-refractivity contribution in [1.29, 1.82) is 5.26 Å². The van der Waals surface area contributed by atoms with E-state index in [9.17, 15) is 5.26 Å². The van der Waals surface area contributed by atoms with Gasteiger partial charge in [-0.3, -0.25) is 0 Å². The number of nitrogens with one attached hydrogen (secondary N) is 1. The second-order valence-corrected chi connectivity index (χ2v) is 5.65. The molecule has 0 amide bonds. The number of rotatable bonds is 4. The van der Waals surface area contributed by atoms with Crippen LogP contribution in [0.25, 0.3) is 5.65 Å². The number of aromatic nitrogens is 3. The van der Waals surface area contributed by atoms with E-state index in [2.05, 4.69) is 21.5 Å². The highest BCUT2D eigenvalue weighted by atomic mass is 32.2. The average molecular weight is 309 g/mol. The highest BCUT2D eigenvalue weighted by molar-refractivity contribution is 7.98. The summed E-state index contributed by atoms with van der Waals surface area (Å²) in [5.74, 6) is 0.689. The van der Waals surface area contributed by atoms with E-state index in [0.717, 1.165) is 16.9 Å². The van der Waals surface area contributed by atoms with E-state index < -0.39 is 0 Å². The maximum Gasteiger partial charge on any atom is 0.158 e. The summed E-state index contributed by atoms with van der Waals surface area (Å²) in [6.07, 6.45) is 1.92. The van der Waals surface area contributed by atoms with Gasteiger partial charge in [0.25, 0.3) is 0 Å². The number of hydrogen-bond acceptors (Lipinski definition) is 5. The first kappa shape index (κ1) is 14.4. The molecular weight excluding hydrogens is 294 g/mol. The second kappa shape index (κ2) is 6.08. The first-order valence-corrected chi connectivity index (χ1v) is 8.07. The fourth-order valence-electron chi connectivity index (χ4n) is 2.29. The summed E-state index contributed by atoms with van der Waals surface area (Å²) < 4.78 is 1.70. The molecule has 1 aromatic carbocycles. The molecule has 0 saturated carbocycles. The maximum absolute atomic E-state index is 9.51. The SMILES string of the molecule is CSc1nc2cc(C)nn2c(NCc2ccccc2)c1C#N. The van der Waals surface area contributed by atoms with Gasteiger partial charge in [-0.2, -0.15) is 14.9 Å². The Morgan fingerprint density at radius 2 is 2.09 bits per heavy atom. The van der Waals surface area contributed by atoms with Crippen molar-refractivity contribution >= 4 is 23.2 Å². The van der Waals surface area contributed by atoms with Crippen LogP contribution in [0.15, 0.2) is 41.4 Å². The van der Waals surface area contributed by atoms with Crippen molar-refractivity contribution in [2.24, 2.45) is 0 Å². The molecule has 0 saturated heterocycles. The van der Waals surface area contributed by atoms with Gasteiger partial charge >= 0.3 is 0 Å². The largest absolute Gasteiger partial charge is 0.365 e. The van der Waals surface area contributed by atoms with Gasteiger partial charge in [-0.15, -0.1) is 11.8 Å². The Kier molecular flexibility index (Phi) is 3.98. The van der Waals surface area contributed by atoms with E-state index in [0.29, 0.717) is 23.0 Å². The molecule has 110 valence electrons. The summed E-state index contributed by atoms with van der Waals surface area (Å²) in [6.45, 7) is 2.54. The summed E-state index contributed by atoms with van der Waals surface area (Å²) in [5, 5.41) is 18.0. The molecule has 5 nitrogen and oxygen atoms in total. The van der Waals surface area contributed by atoms with Gasteiger partial charge in [-0.1, -0.05) is 30.3 Å². The molecule has 3 rings (SSSR count). The molecule has 0 radical (unpaired) electrons. The summed E-state index contributed by atoms with van der Waals surface area (Å²) in [5.41, 5.74) is 3.29. The molecule has 0 aliphatic carbocycles. The first-order chi connectivity index (χ1) is 10.7. The van der Waals surface area contributed by atoms with Crippen molar-refractivity contribution in [3.8, 4) is 6.07 Å². The predicted octanol–water partition coefficient (Wildman–Crippen LogP) is 3.24. The van der Waals surface area contributed by atoms with Crippen molar-refractivity contribution in [2.45, 2.75) is 18.5 Å². The number of benzene rings is 1. The molecule has 0 aliphatic heterocycles. The molecule has 0 atom stereocenters. The molecule has 0 unspecified atom stereocenters. The molecule has 0 aliphatic rings. The van der Waals surface area contributed by atoms with Crippen LogP contribution >= 0.6 is 11.8 Å². The van der Waals surface area contributed by atoms with Gasteiger partial charge in [-0.25, -0.2) is 4.98 Å². The third-order valence-corrected chi connectivity index (χ3v) is 3.98. The van der Waals surface area contributed by atoms with E-state index in [1.807, 2.05) is 49.6 Å². The van der Waals surface area contributed by atoms with Crippen molar-refractivity contribution in [2.75, 3.05) is 11.6 Å². The van der Waals surface area contributed by atoms with E-state index in [4.69, 9.17) is 0 Å². The third kappa shape index (κ3) is 2.63. The van der Waals surface area contributed by atoms with Crippen LogP contribution < -0.4 is 5.32 Å². The van der Waals surface area contributed by atoms with Crippen molar-refractivity contribution in [1.82, 2.24) is 14.6 Å². The lowest BCUT2D eigenvalue weighted by Gasteiger charge is -2.12. The lowest BCUT2D eigenvalue weighted by atomic mass is 10.2. The van der Waals surface area contributed by atoms with E-state index in [1.54, 1.807) is 4.52 Å². The molecule has 3 aromatic rings. The van der Waals surface area contributed by atoms with Gasteiger partial charge in [0.15, 0.2) is 11.5 Å². The average Bonchev–Trinajstić information content (AvgIpc) is 2.92. The Labute approximate surface area is 133 Å². The fraction of sp³-hybridized carbons (Fsp3) is 0.188. The topological polar surface area (TPSA) is 66.0 Å². The highest BCUT2D eigenvalue weighted by Crippen LogP contribution is 2.26. The maximum atomic E-state index is 9.51. The zero-order valence-corrected chi connectivity index (χ0v) is 13.2. The minimum Gasteiger partial charge on any atom is -0.365 e. The molecule has 0 fully saturated rings. The Morgan fingerprint density at radius 3 is 2.77 bits per heavy atom. The Morgan fingerprint density at radius 1 is 1.32 bits per heavy atom. The Balaban J connectivity index is 2.07. The summed E-state index contributed by atoms with van der Waals surface area (Å²) in [6, 6.07) is 14.2. The quantitative estimate of drug-likeness (QED) is 0.592. The molecule has 0 spiro atoms. The van der Waals surface area contributed by atoms with Crippen LogP contribution in [0.5, 0.6) is 0 Å². The number of anilines is 1. The predicted molar refractivity (Wildman–Crippen MR) is 88.0 cm³/mol. The summed E-state index contributed by atoms with van der Waals surface area (Å²) in [4.78, 5) is 4.50. The van der Waals surface area contributed by atoms with Gasteiger partial charge in [0.2, 0.25) is 0 Å². The molecule has 0 bridgehead atoms. The normalized spacial score (nSPS) is 10.6. The van der Waals surface area contributed by atoms with Crippen molar-refractivity contribution < 1.29 is 0 Å². The molecule has 1 N–H and O–H groups in total. The Bertz CT molecular complexity index is 848. The lowest BCUT2D eigenvalue weighted by Crippen LogP contribution is -2.09. The highest BCUT2D eigenvalue weighted by Gasteiger charge is 2.16. The fourth-order valence-corrected chi connectivity index (χ4v) is 2.82. The van der Waals surface area contributed by atoms with Gasteiger partial charge in [-0.05, 0) is 18.7 Å². The van der Waals surface area contributed by atoms with Crippen LogP contribution in [0, 0.1) is 18.3 Å². The molecular formula is C16H15N5S. The molecule has 22 heavy (non-hydrogen) atoms. The smallest absolute Gasteiger partial charge is 0.158 e. The van der Waals surface area contributed by atoms with Gasteiger partial charge in [0.05, 0.1) is 5.69 Å². The van der Waals surface area contributed by atoms with Crippen LogP contribution in [-0.4, -0.2) is 20.9 Å². The third-order valence-electron chi connectivity index (χ3n) is 3.30. The Hall–Kier alpha value is -2.52. The van der Waals surface area contributed by atoms with E-state index in [1.165, 1.54) is 11.8 Å². The molecule has 2 aromatic heterocycles. The number of nitriles is 1. The number of hydrogen-bond donors (Lipinski definition) is 1. The zero-order chi connectivity index (χ0) is 15.5.